The van der Waals surface area contributed by atoms with Gasteiger partial charge in [-0.05, 0) is 49.9 Å². The average molecular weight is 397 g/mol. The molecule has 0 radical (unpaired) electrons. The lowest BCUT2D eigenvalue weighted by atomic mass is 10.0. The fourth-order valence-electron chi connectivity index (χ4n) is 3.30. The third-order valence-electron chi connectivity index (χ3n) is 5.55. The van der Waals surface area contributed by atoms with Gasteiger partial charge in [-0.2, -0.15) is 0 Å². The Morgan fingerprint density at radius 2 is 1.72 bits per heavy atom. The summed E-state index contributed by atoms with van der Waals surface area (Å²) in [7, 11) is 1.88. The highest BCUT2D eigenvalue weighted by atomic mass is 16.2. The largest absolute Gasteiger partial charge is 0.344 e. The van der Waals surface area contributed by atoms with E-state index in [1.54, 1.807) is 0 Å². The SMILES string of the molecule is CCC[C@@H](NC(=O)[C@@H](C)[NH+](C)CC(=O)Nc1cccc(C)c1C)c1ccccc1. The summed E-state index contributed by atoms with van der Waals surface area (Å²) in [5.74, 6) is -0.131. The minimum absolute atomic E-state index is 0.00674. The topological polar surface area (TPSA) is 62.6 Å². The number of nitrogens with one attached hydrogen (secondary N) is 3. The predicted molar refractivity (Wildman–Crippen MR) is 118 cm³/mol. The zero-order chi connectivity index (χ0) is 21.4. The fraction of sp³-hybridized carbons (Fsp3) is 0.417. The maximum atomic E-state index is 12.8. The highest BCUT2D eigenvalue weighted by molar-refractivity contribution is 5.92. The van der Waals surface area contributed by atoms with Crippen molar-refractivity contribution in [3.05, 3.63) is 65.2 Å². The highest BCUT2D eigenvalue weighted by Crippen LogP contribution is 2.18. The summed E-state index contributed by atoms with van der Waals surface area (Å²) in [5, 5.41) is 6.13. The molecule has 5 heteroatoms. The molecule has 0 spiro atoms. The summed E-state index contributed by atoms with van der Waals surface area (Å²) in [6.45, 7) is 8.22. The molecule has 2 amide bonds. The summed E-state index contributed by atoms with van der Waals surface area (Å²) in [6.07, 6.45) is 1.86. The van der Waals surface area contributed by atoms with Crippen LogP contribution in [0.3, 0.4) is 0 Å². The van der Waals surface area contributed by atoms with Gasteiger partial charge in [-0.25, -0.2) is 0 Å². The van der Waals surface area contributed by atoms with Gasteiger partial charge < -0.3 is 15.5 Å². The molecule has 0 aliphatic heterocycles. The van der Waals surface area contributed by atoms with Crippen LogP contribution in [0, 0.1) is 13.8 Å². The van der Waals surface area contributed by atoms with Crippen LogP contribution in [0.4, 0.5) is 5.69 Å². The summed E-state index contributed by atoms with van der Waals surface area (Å²) in [4.78, 5) is 26.2. The van der Waals surface area contributed by atoms with Crippen LogP contribution in [0.5, 0.6) is 0 Å². The quantitative estimate of drug-likeness (QED) is 0.610. The summed E-state index contributed by atoms with van der Waals surface area (Å²) in [5.41, 5.74) is 4.14. The van der Waals surface area contributed by atoms with Crippen molar-refractivity contribution in [1.82, 2.24) is 5.32 Å². The van der Waals surface area contributed by atoms with Crippen molar-refractivity contribution in [2.45, 2.75) is 52.6 Å². The van der Waals surface area contributed by atoms with E-state index < -0.39 is 0 Å². The number of quaternary nitrogens is 1. The first-order valence-corrected chi connectivity index (χ1v) is 10.4. The number of carbonyl (C=O) groups excluding carboxylic acids is 2. The minimum atomic E-state index is -0.331. The Balaban J connectivity index is 1.95. The zero-order valence-corrected chi connectivity index (χ0v) is 18.2. The molecular formula is C24H34N3O2+. The van der Waals surface area contributed by atoms with E-state index in [0.717, 1.165) is 40.1 Å². The van der Waals surface area contributed by atoms with Crippen molar-refractivity contribution in [3.8, 4) is 0 Å². The number of benzene rings is 2. The van der Waals surface area contributed by atoms with Gasteiger partial charge in [0.05, 0.1) is 13.1 Å². The number of hydrogen-bond acceptors (Lipinski definition) is 2. The maximum absolute atomic E-state index is 12.8. The Labute approximate surface area is 174 Å². The summed E-state index contributed by atoms with van der Waals surface area (Å²) in [6, 6.07) is 15.6. The molecular weight excluding hydrogens is 362 g/mol. The molecule has 0 fully saturated rings. The molecule has 0 aromatic heterocycles. The number of aryl methyl sites for hydroxylation is 1. The van der Waals surface area contributed by atoms with E-state index in [4.69, 9.17) is 0 Å². The number of amides is 2. The van der Waals surface area contributed by atoms with Crippen LogP contribution < -0.4 is 15.5 Å². The van der Waals surface area contributed by atoms with Crippen molar-refractivity contribution < 1.29 is 14.5 Å². The molecule has 5 nitrogen and oxygen atoms in total. The number of likely N-dealkylation sites (N-methyl/N-ethyl adjacent to an activating group) is 1. The lowest BCUT2D eigenvalue weighted by Gasteiger charge is -2.24. The normalized spacial score (nSPS) is 14.0. The molecule has 3 atom stereocenters. The van der Waals surface area contributed by atoms with Gasteiger partial charge in [0.15, 0.2) is 12.6 Å². The van der Waals surface area contributed by atoms with Crippen LogP contribution in [-0.4, -0.2) is 31.4 Å². The molecule has 0 aliphatic rings. The van der Waals surface area contributed by atoms with Gasteiger partial charge in [0.1, 0.15) is 0 Å². The molecule has 29 heavy (non-hydrogen) atoms. The van der Waals surface area contributed by atoms with Gasteiger partial charge in [0.25, 0.3) is 11.8 Å². The minimum Gasteiger partial charge on any atom is -0.344 e. The smallest absolute Gasteiger partial charge is 0.279 e. The van der Waals surface area contributed by atoms with Crippen molar-refractivity contribution >= 4 is 17.5 Å². The van der Waals surface area contributed by atoms with E-state index in [-0.39, 0.29) is 30.4 Å². The van der Waals surface area contributed by atoms with Crippen molar-refractivity contribution in [1.29, 1.82) is 0 Å². The second-order valence-electron chi connectivity index (χ2n) is 7.80. The molecule has 0 aliphatic carbocycles. The van der Waals surface area contributed by atoms with Crippen LogP contribution in [0.1, 0.15) is 49.4 Å². The van der Waals surface area contributed by atoms with Crippen LogP contribution >= 0.6 is 0 Å². The van der Waals surface area contributed by atoms with Crippen LogP contribution in [0.15, 0.2) is 48.5 Å². The Bertz CT molecular complexity index is 820. The highest BCUT2D eigenvalue weighted by Gasteiger charge is 2.26. The Hall–Kier alpha value is -2.66. The van der Waals surface area contributed by atoms with Gasteiger partial charge in [0, 0.05) is 5.69 Å². The number of rotatable bonds is 9. The van der Waals surface area contributed by atoms with E-state index in [9.17, 15) is 9.59 Å². The Kier molecular flexibility index (Phi) is 8.40. The molecule has 0 saturated carbocycles. The Morgan fingerprint density at radius 1 is 1.03 bits per heavy atom. The molecule has 0 saturated heterocycles. The molecule has 1 unspecified atom stereocenters. The predicted octanol–water partition coefficient (Wildman–Crippen LogP) is 2.80. The second-order valence-corrected chi connectivity index (χ2v) is 7.80. The molecule has 2 aromatic carbocycles. The Morgan fingerprint density at radius 3 is 2.38 bits per heavy atom. The van der Waals surface area contributed by atoms with E-state index in [1.807, 2.05) is 76.3 Å². The fourth-order valence-corrected chi connectivity index (χ4v) is 3.30. The van der Waals surface area contributed by atoms with E-state index in [0.29, 0.717) is 0 Å². The number of carbonyl (C=O) groups is 2. The third-order valence-corrected chi connectivity index (χ3v) is 5.55. The van der Waals surface area contributed by atoms with Gasteiger partial charge in [-0.3, -0.25) is 9.59 Å². The van der Waals surface area contributed by atoms with E-state index in [2.05, 4.69) is 17.6 Å². The second kappa shape index (κ2) is 10.8. The van der Waals surface area contributed by atoms with Crippen molar-refractivity contribution in [2.24, 2.45) is 0 Å². The summed E-state index contributed by atoms with van der Waals surface area (Å²) < 4.78 is 0. The maximum Gasteiger partial charge on any atom is 0.279 e. The molecule has 2 rings (SSSR count). The first-order valence-electron chi connectivity index (χ1n) is 10.4. The lowest BCUT2D eigenvalue weighted by molar-refractivity contribution is -0.885. The van der Waals surface area contributed by atoms with Crippen LogP contribution in [0.25, 0.3) is 0 Å². The zero-order valence-electron chi connectivity index (χ0n) is 18.2. The van der Waals surface area contributed by atoms with Crippen molar-refractivity contribution in [3.63, 3.8) is 0 Å². The third kappa shape index (κ3) is 6.43. The van der Waals surface area contributed by atoms with Gasteiger partial charge >= 0.3 is 0 Å². The lowest BCUT2D eigenvalue weighted by Crippen LogP contribution is -3.15. The van der Waals surface area contributed by atoms with Crippen molar-refractivity contribution in [2.75, 3.05) is 18.9 Å². The molecule has 3 N–H and O–H groups in total. The molecule has 156 valence electrons. The molecule has 2 aromatic rings. The van der Waals surface area contributed by atoms with Crippen LogP contribution in [-0.2, 0) is 9.59 Å². The standard InChI is InChI=1S/C24H33N3O2/c1-6-11-22(20-13-8-7-9-14-20)26-24(29)19(4)27(5)16-23(28)25-21-15-10-12-17(2)18(21)3/h7-10,12-15,19,22H,6,11,16H2,1-5H3,(H,25,28)(H,26,29)/p+1/t19-,22-/m1/s1. The van der Waals surface area contributed by atoms with Gasteiger partial charge in [0.2, 0.25) is 0 Å². The van der Waals surface area contributed by atoms with Crippen LogP contribution in [0.2, 0.25) is 0 Å². The number of hydrogen-bond donors (Lipinski definition) is 3. The molecule has 0 heterocycles. The first kappa shape index (κ1) is 22.6. The molecule has 0 bridgehead atoms. The average Bonchev–Trinajstić information content (AvgIpc) is 2.71. The summed E-state index contributed by atoms with van der Waals surface area (Å²) >= 11 is 0. The first-order chi connectivity index (χ1) is 13.8. The van der Waals surface area contributed by atoms with E-state index in [1.165, 1.54) is 0 Å². The van der Waals surface area contributed by atoms with E-state index >= 15 is 0 Å². The number of anilines is 1. The monoisotopic (exact) mass is 396 g/mol. The van der Waals surface area contributed by atoms with Gasteiger partial charge in [-0.15, -0.1) is 0 Å². The van der Waals surface area contributed by atoms with Gasteiger partial charge in [-0.1, -0.05) is 55.8 Å².